The first-order chi connectivity index (χ1) is 11.1. The van der Waals surface area contributed by atoms with Gasteiger partial charge in [-0.1, -0.05) is 0 Å². The Bertz CT molecular complexity index is 775. The minimum absolute atomic E-state index is 0.163. The number of rotatable bonds is 3. The molecule has 3 heterocycles. The van der Waals surface area contributed by atoms with Crippen LogP contribution in [0, 0.1) is 12.7 Å². The number of halogens is 1. The van der Waals surface area contributed by atoms with E-state index in [4.69, 9.17) is 0 Å². The van der Waals surface area contributed by atoms with Crippen LogP contribution in [-0.2, 0) is 0 Å². The summed E-state index contributed by atoms with van der Waals surface area (Å²) in [6.07, 6.45) is 7.16. The summed E-state index contributed by atoms with van der Waals surface area (Å²) >= 11 is 0. The van der Waals surface area contributed by atoms with E-state index in [2.05, 4.69) is 15.3 Å². The number of nitrogens with one attached hydrogen (secondary N) is 1. The predicted molar refractivity (Wildman–Crippen MR) is 83.8 cm³/mol. The van der Waals surface area contributed by atoms with E-state index in [-0.39, 0.29) is 17.9 Å². The summed E-state index contributed by atoms with van der Waals surface area (Å²) in [6.45, 7) is 2.17. The fourth-order valence-corrected chi connectivity index (χ4v) is 3.13. The topological polar surface area (TPSA) is 58.1 Å². The summed E-state index contributed by atoms with van der Waals surface area (Å²) in [4.78, 5) is 22.3. The summed E-state index contributed by atoms with van der Waals surface area (Å²) in [5.74, 6) is 0.660. The van der Waals surface area contributed by atoms with Gasteiger partial charge in [-0.2, -0.15) is 0 Å². The van der Waals surface area contributed by atoms with Crippen LogP contribution in [0.25, 0.3) is 0 Å². The summed E-state index contributed by atoms with van der Waals surface area (Å²) in [7, 11) is 0. The number of anilines is 1. The predicted octanol–water partition coefficient (Wildman–Crippen LogP) is 3.07. The van der Waals surface area contributed by atoms with Gasteiger partial charge in [-0.25, -0.2) is 14.2 Å². The fourth-order valence-electron chi connectivity index (χ4n) is 3.13. The lowest BCUT2D eigenvalue weighted by molar-refractivity contribution is 0.251. The molecule has 0 radical (unpaired) electrons. The largest absolute Gasteiger partial charge is 0.335 e. The number of urea groups is 1. The van der Waals surface area contributed by atoms with Gasteiger partial charge in [-0.3, -0.25) is 9.88 Å². The molecule has 6 heteroatoms. The molecular formula is C17H17FN4O. The first kappa shape index (κ1) is 14.1. The third kappa shape index (κ3) is 2.44. The van der Waals surface area contributed by atoms with Crippen molar-refractivity contribution in [1.29, 1.82) is 0 Å². The Morgan fingerprint density at radius 2 is 2.13 bits per heavy atom. The van der Waals surface area contributed by atoms with Gasteiger partial charge in [0.2, 0.25) is 0 Å². The molecule has 1 atom stereocenters. The van der Waals surface area contributed by atoms with Crippen LogP contribution >= 0.6 is 0 Å². The highest BCUT2D eigenvalue weighted by atomic mass is 19.1. The zero-order valence-electron chi connectivity index (χ0n) is 12.8. The van der Waals surface area contributed by atoms with E-state index in [9.17, 15) is 9.18 Å². The Morgan fingerprint density at radius 1 is 1.30 bits per heavy atom. The molecule has 2 aromatic heterocycles. The smallest absolute Gasteiger partial charge is 0.323 e. The van der Waals surface area contributed by atoms with Crippen molar-refractivity contribution in [3.8, 4) is 0 Å². The standard InChI is InChI=1S/C17H17FN4O/c1-10-6-16(20-8-14(10)18)22-15(9-21-17(22)23)13-7-19-5-4-12(13)11-2-3-11/h4-8,11,15H,2-3,9H2,1H3,(H,21,23). The van der Waals surface area contributed by atoms with Gasteiger partial charge >= 0.3 is 6.03 Å². The van der Waals surface area contributed by atoms with Crippen LogP contribution < -0.4 is 10.2 Å². The number of hydrogen-bond donors (Lipinski definition) is 1. The van der Waals surface area contributed by atoms with E-state index in [1.54, 1.807) is 24.1 Å². The van der Waals surface area contributed by atoms with Crippen molar-refractivity contribution in [2.75, 3.05) is 11.4 Å². The van der Waals surface area contributed by atoms with Gasteiger partial charge in [-0.05, 0) is 54.5 Å². The highest BCUT2D eigenvalue weighted by Gasteiger charge is 2.37. The Hall–Kier alpha value is -2.50. The molecule has 2 aliphatic rings. The molecule has 1 aliphatic heterocycles. The highest BCUT2D eigenvalue weighted by molar-refractivity contribution is 5.94. The number of aryl methyl sites for hydroxylation is 1. The molecule has 0 aromatic carbocycles. The third-order valence-corrected chi connectivity index (χ3v) is 4.52. The summed E-state index contributed by atoms with van der Waals surface area (Å²) in [5.41, 5.74) is 2.78. The molecule has 0 bridgehead atoms. The number of carbonyl (C=O) groups is 1. The van der Waals surface area contributed by atoms with E-state index in [0.29, 0.717) is 23.8 Å². The zero-order chi connectivity index (χ0) is 16.0. The maximum Gasteiger partial charge on any atom is 0.323 e. The van der Waals surface area contributed by atoms with E-state index in [1.807, 2.05) is 12.3 Å². The van der Waals surface area contributed by atoms with Gasteiger partial charge in [0.25, 0.3) is 0 Å². The molecule has 2 amide bonds. The molecule has 1 saturated heterocycles. The van der Waals surface area contributed by atoms with Crippen molar-refractivity contribution in [2.45, 2.75) is 31.7 Å². The van der Waals surface area contributed by atoms with E-state index >= 15 is 0 Å². The van der Waals surface area contributed by atoms with Crippen molar-refractivity contribution < 1.29 is 9.18 Å². The highest BCUT2D eigenvalue weighted by Crippen LogP contribution is 2.44. The lowest BCUT2D eigenvalue weighted by Gasteiger charge is -2.24. The molecule has 1 saturated carbocycles. The van der Waals surface area contributed by atoms with Crippen molar-refractivity contribution in [2.24, 2.45) is 0 Å². The fraction of sp³-hybridized carbons (Fsp3) is 0.353. The van der Waals surface area contributed by atoms with Crippen LogP contribution in [-0.4, -0.2) is 22.5 Å². The molecule has 23 heavy (non-hydrogen) atoms. The third-order valence-electron chi connectivity index (χ3n) is 4.52. The molecule has 1 N–H and O–H groups in total. The second kappa shape index (κ2) is 5.30. The summed E-state index contributed by atoms with van der Waals surface area (Å²) in [5, 5.41) is 2.86. The van der Waals surface area contributed by atoms with Crippen LogP contribution in [0.15, 0.2) is 30.7 Å². The van der Waals surface area contributed by atoms with Crippen LogP contribution in [0.4, 0.5) is 15.0 Å². The van der Waals surface area contributed by atoms with Gasteiger partial charge in [0.05, 0.1) is 12.2 Å². The minimum Gasteiger partial charge on any atom is -0.335 e. The lowest BCUT2D eigenvalue weighted by Crippen LogP contribution is -2.31. The second-order valence-electron chi connectivity index (χ2n) is 6.14. The average Bonchev–Trinajstić information content (AvgIpc) is 3.33. The van der Waals surface area contributed by atoms with Crippen LogP contribution in [0.1, 0.15) is 41.5 Å². The molecule has 118 valence electrons. The van der Waals surface area contributed by atoms with E-state index in [1.165, 1.54) is 24.6 Å². The molecule has 2 aromatic rings. The van der Waals surface area contributed by atoms with Gasteiger partial charge in [0, 0.05) is 18.9 Å². The number of aromatic nitrogens is 2. The summed E-state index contributed by atoms with van der Waals surface area (Å²) < 4.78 is 13.5. The Kier molecular flexibility index (Phi) is 3.25. The monoisotopic (exact) mass is 312 g/mol. The number of nitrogens with zero attached hydrogens (tertiary/aromatic N) is 3. The lowest BCUT2D eigenvalue weighted by atomic mass is 9.99. The maximum atomic E-state index is 13.5. The number of pyridine rings is 2. The molecule has 1 unspecified atom stereocenters. The van der Waals surface area contributed by atoms with Crippen molar-refractivity contribution in [3.05, 3.63) is 53.2 Å². The zero-order valence-corrected chi connectivity index (χ0v) is 12.8. The molecule has 2 fully saturated rings. The number of hydrogen-bond acceptors (Lipinski definition) is 3. The van der Waals surface area contributed by atoms with E-state index < -0.39 is 0 Å². The van der Waals surface area contributed by atoms with Crippen LogP contribution in [0.5, 0.6) is 0 Å². The molecule has 0 spiro atoms. The average molecular weight is 312 g/mol. The van der Waals surface area contributed by atoms with Crippen molar-refractivity contribution in [3.63, 3.8) is 0 Å². The van der Waals surface area contributed by atoms with Crippen LogP contribution in [0.2, 0.25) is 0 Å². The second-order valence-corrected chi connectivity index (χ2v) is 6.14. The van der Waals surface area contributed by atoms with Gasteiger partial charge in [0.15, 0.2) is 0 Å². The first-order valence-corrected chi connectivity index (χ1v) is 7.78. The Balaban J connectivity index is 1.76. The van der Waals surface area contributed by atoms with Gasteiger partial charge in [-0.15, -0.1) is 0 Å². The van der Waals surface area contributed by atoms with Crippen LogP contribution in [0.3, 0.4) is 0 Å². The Labute approximate surface area is 133 Å². The first-order valence-electron chi connectivity index (χ1n) is 7.78. The molecule has 1 aliphatic carbocycles. The minimum atomic E-state index is -0.370. The maximum absolute atomic E-state index is 13.5. The number of amides is 2. The Morgan fingerprint density at radius 3 is 2.87 bits per heavy atom. The quantitative estimate of drug-likeness (QED) is 0.947. The molecular weight excluding hydrogens is 295 g/mol. The normalized spacial score (nSPS) is 20.7. The molecule has 5 nitrogen and oxygen atoms in total. The van der Waals surface area contributed by atoms with Gasteiger partial charge in [0.1, 0.15) is 11.6 Å². The molecule has 4 rings (SSSR count). The summed E-state index contributed by atoms with van der Waals surface area (Å²) in [6, 6.07) is 3.28. The number of carbonyl (C=O) groups excluding carboxylic acids is 1. The van der Waals surface area contributed by atoms with Crippen molar-refractivity contribution >= 4 is 11.8 Å². The van der Waals surface area contributed by atoms with E-state index in [0.717, 1.165) is 5.56 Å². The SMILES string of the molecule is Cc1cc(N2C(=O)NCC2c2cnccc2C2CC2)ncc1F. The van der Waals surface area contributed by atoms with Crippen molar-refractivity contribution in [1.82, 2.24) is 15.3 Å². The van der Waals surface area contributed by atoms with Gasteiger partial charge < -0.3 is 5.32 Å².